The molecule has 0 saturated carbocycles. The molecular weight excluding hydrogens is 453 g/mol. The highest BCUT2D eigenvalue weighted by molar-refractivity contribution is 5.30. The van der Waals surface area contributed by atoms with Gasteiger partial charge in [-0.25, -0.2) is 4.39 Å². The number of rotatable bonds is 12. The van der Waals surface area contributed by atoms with E-state index >= 15 is 0 Å². The lowest BCUT2D eigenvalue weighted by Crippen LogP contribution is -2.47. The van der Waals surface area contributed by atoms with E-state index in [0.29, 0.717) is 24.3 Å². The van der Waals surface area contributed by atoms with Crippen molar-refractivity contribution in [3.05, 3.63) is 95.6 Å². The first-order chi connectivity index (χ1) is 17.7. The molecule has 1 atom stereocenters. The molecule has 2 aromatic carbocycles. The van der Waals surface area contributed by atoms with Crippen LogP contribution in [0.5, 0.6) is 5.75 Å². The highest BCUT2D eigenvalue weighted by Crippen LogP contribution is 2.29. The van der Waals surface area contributed by atoms with Crippen LogP contribution in [-0.4, -0.2) is 61.3 Å². The van der Waals surface area contributed by atoms with Crippen LogP contribution in [0.1, 0.15) is 29.7 Å². The van der Waals surface area contributed by atoms with E-state index in [1.807, 2.05) is 24.4 Å². The number of likely N-dealkylation sites (tertiary alicyclic amines) is 1. The van der Waals surface area contributed by atoms with E-state index in [1.165, 1.54) is 18.7 Å². The predicted molar refractivity (Wildman–Crippen MR) is 141 cm³/mol. The van der Waals surface area contributed by atoms with Gasteiger partial charge in [0.25, 0.3) is 0 Å². The summed E-state index contributed by atoms with van der Waals surface area (Å²) in [5, 5.41) is 0. The van der Waals surface area contributed by atoms with Crippen LogP contribution in [-0.2, 0) is 24.2 Å². The van der Waals surface area contributed by atoms with Crippen LogP contribution in [0.3, 0.4) is 0 Å². The van der Waals surface area contributed by atoms with Gasteiger partial charge in [-0.2, -0.15) is 0 Å². The van der Waals surface area contributed by atoms with Crippen molar-refractivity contribution in [2.75, 3.05) is 40.5 Å². The zero-order valence-corrected chi connectivity index (χ0v) is 21.5. The smallest absolute Gasteiger partial charge is 0.165 e. The molecule has 2 heterocycles. The molecule has 1 saturated heterocycles. The standard InChI is InChI=1S/C30H38FN3O2/c1-35-19-18-34(23-27-10-6-7-15-32-27)29(20-24-8-4-3-5-9-24)26-13-16-33(17-14-26)22-25-11-12-28(31)30(21-25)36-2/h3-12,15,21,26,29H,13-14,16-20,22-23H2,1-2H3. The van der Waals surface area contributed by atoms with Crippen molar-refractivity contribution >= 4 is 0 Å². The molecule has 4 rings (SSSR count). The fourth-order valence-corrected chi connectivity index (χ4v) is 5.28. The molecule has 192 valence electrons. The van der Waals surface area contributed by atoms with Crippen LogP contribution in [0.2, 0.25) is 0 Å². The van der Waals surface area contributed by atoms with Gasteiger partial charge in [0.1, 0.15) is 0 Å². The third-order valence-electron chi connectivity index (χ3n) is 7.23. The largest absolute Gasteiger partial charge is 0.494 e. The lowest BCUT2D eigenvalue weighted by atomic mass is 9.84. The zero-order chi connectivity index (χ0) is 25.2. The second-order valence-corrected chi connectivity index (χ2v) is 9.62. The molecule has 0 bridgehead atoms. The Balaban J connectivity index is 1.47. The van der Waals surface area contributed by atoms with Crippen molar-refractivity contribution < 1.29 is 13.9 Å². The van der Waals surface area contributed by atoms with Crippen LogP contribution in [0, 0.1) is 11.7 Å². The molecule has 0 N–H and O–H groups in total. The van der Waals surface area contributed by atoms with Gasteiger partial charge < -0.3 is 9.47 Å². The molecule has 5 nitrogen and oxygen atoms in total. The van der Waals surface area contributed by atoms with Crippen molar-refractivity contribution in [2.45, 2.75) is 38.4 Å². The van der Waals surface area contributed by atoms with Gasteiger partial charge in [-0.05, 0) is 73.7 Å². The minimum Gasteiger partial charge on any atom is -0.494 e. The van der Waals surface area contributed by atoms with Crippen LogP contribution in [0.4, 0.5) is 4.39 Å². The van der Waals surface area contributed by atoms with Gasteiger partial charge in [-0.1, -0.05) is 42.5 Å². The summed E-state index contributed by atoms with van der Waals surface area (Å²) in [6.45, 7) is 5.25. The Labute approximate surface area is 214 Å². The summed E-state index contributed by atoms with van der Waals surface area (Å²) in [7, 11) is 3.29. The van der Waals surface area contributed by atoms with E-state index in [0.717, 1.165) is 63.2 Å². The lowest BCUT2D eigenvalue weighted by Gasteiger charge is -2.41. The van der Waals surface area contributed by atoms with E-state index in [-0.39, 0.29) is 5.82 Å². The molecule has 6 heteroatoms. The number of halogens is 1. The van der Waals surface area contributed by atoms with Crippen LogP contribution in [0.25, 0.3) is 0 Å². The number of methoxy groups -OCH3 is 2. The maximum atomic E-state index is 13.8. The Morgan fingerprint density at radius 1 is 1.00 bits per heavy atom. The topological polar surface area (TPSA) is 37.8 Å². The van der Waals surface area contributed by atoms with Crippen molar-refractivity contribution in [1.29, 1.82) is 0 Å². The van der Waals surface area contributed by atoms with Crippen molar-refractivity contribution in [2.24, 2.45) is 5.92 Å². The molecule has 1 aliphatic heterocycles. The highest BCUT2D eigenvalue weighted by atomic mass is 19.1. The third kappa shape index (κ3) is 7.36. The highest BCUT2D eigenvalue weighted by Gasteiger charge is 2.31. The molecule has 1 unspecified atom stereocenters. The van der Waals surface area contributed by atoms with Crippen LogP contribution < -0.4 is 4.74 Å². The molecule has 1 fully saturated rings. The molecule has 1 aliphatic rings. The number of hydrogen-bond donors (Lipinski definition) is 0. The van der Waals surface area contributed by atoms with Gasteiger partial charge in [-0.15, -0.1) is 0 Å². The summed E-state index contributed by atoms with van der Waals surface area (Å²) in [5.41, 5.74) is 3.55. The predicted octanol–water partition coefficient (Wildman–Crippen LogP) is 5.20. The molecule has 0 amide bonds. The van der Waals surface area contributed by atoms with Crippen LogP contribution >= 0.6 is 0 Å². The maximum Gasteiger partial charge on any atom is 0.165 e. The average Bonchev–Trinajstić information content (AvgIpc) is 2.92. The molecule has 36 heavy (non-hydrogen) atoms. The Kier molecular flexibility index (Phi) is 9.84. The second kappa shape index (κ2) is 13.5. The number of aromatic nitrogens is 1. The Morgan fingerprint density at radius 3 is 2.47 bits per heavy atom. The van der Waals surface area contributed by atoms with Crippen molar-refractivity contribution in [1.82, 2.24) is 14.8 Å². The zero-order valence-electron chi connectivity index (χ0n) is 21.5. The average molecular weight is 492 g/mol. The quantitative estimate of drug-likeness (QED) is 0.348. The number of pyridine rings is 1. The molecule has 3 aromatic rings. The third-order valence-corrected chi connectivity index (χ3v) is 7.23. The Morgan fingerprint density at radius 2 is 1.78 bits per heavy atom. The first-order valence-corrected chi connectivity index (χ1v) is 12.9. The minimum absolute atomic E-state index is 0.312. The van der Waals surface area contributed by atoms with Gasteiger partial charge in [-0.3, -0.25) is 14.8 Å². The monoisotopic (exact) mass is 491 g/mol. The summed E-state index contributed by atoms with van der Waals surface area (Å²) in [4.78, 5) is 9.66. The summed E-state index contributed by atoms with van der Waals surface area (Å²) >= 11 is 0. The first-order valence-electron chi connectivity index (χ1n) is 12.9. The van der Waals surface area contributed by atoms with Gasteiger partial charge in [0.2, 0.25) is 0 Å². The maximum absolute atomic E-state index is 13.8. The van der Waals surface area contributed by atoms with E-state index in [9.17, 15) is 4.39 Å². The van der Waals surface area contributed by atoms with Gasteiger partial charge in [0.05, 0.1) is 19.4 Å². The fraction of sp³-hybridized carbons (Fsp3) is 0.433. The summed E-state index contributed by atoms with van der Waals surface area (Å²) in [6, 6.07) is 22.5. The first kappa shape index (κ1) is 26.3. The molecule has 0 spiro atoms. The van der Waals surface area contributed by atoms with E-state index in [4.69, 9.17) is 9.47 Å². The molecule has 0 aliphatic carbocycles. The molecule has 0 radical (unpaired) electrons. The van der Waals surface area contributed by atoms with Crippen LogP contribution in [0.15, 0.2) is 72.9 Å². The number of nitrogens with zero attached hydrogens (tertiary/aromatic N) is 3. The number of benzene rings is 2. The minimum atomic E-state index is -0.312. The van der Waals surface area contributed by atoms with E-state index in [1.54, 1.807) is 7.11 Å². The van der Waals surface area contributed by atoms with E-state index in [2.05, 4.69) is 57.2 Å². The Hall–Kier alpha value is -2.80. The van der Waals surface area contributed by atoms with Gasteiger partial charge >= 0.3 is 0 Å². The summed E-state index contributed by atoms with van der Waals surface area (Å²) in [6.07, 6.45) is 5.14. The fourth-order valence-electron chi connectivity index (χ4n) is 5.28. The van der Waals surface area contributed by atoms with Gasteiger partial charge in [0, 0.05) is 39.0 Å². The molecular formula is C30H38FN3O2. The number of piperidine rings is 1. The van der Waals surface area contributed by atoms with Crippen molar-refractivity contribution in [3.8, 4) is 5.75 Å². The summed E-state index contributed by atoms with van der Waals surface area (Å²) < 4.78 is 24.5. The lowest BCUT2D eigenvalue weighted by molar-refractivity contribution is 0.0564. The second-order valence-electron chi connectivity index (χ2n) is 9.62. The van der Waals surface area contributed by atoms with E-state index < -0.39 is 0 Å². The Bertz CT molecular complexity index is 1040. The normalized spacial score (nSPS) is 15.8. The molecule has 1 aromatic heterocycles. The summed E-state index contributed by atoms with van der Waals surface area (Å²) in [5.74, 6) is 0.575. The number of ether oxygens (including phenoxy) is 2. The van der Waals surface area contributed by atoms with Gasteiger partial charge in [0.15, 0.2) is 11.6 Å². The van der Waals surface area contributed by atoms with Crippen molar-refractivity contribution in [3.63, 3.8) is 0 Å². The SMILES string of the molecule is COCCN(Cc1ccccn1)C(Cc1ccccc1)C1CCN(Cc2ccc(F)c(OC)c2)CC1. The number of hydrogen-bond acceptors (Lipinski definition) is 5.